The van der Waals surface area contributed by atoms with Gasteiger partial charge in [0.15, 0.2) is 0 Å². The average molecular weight is 307 g/mol. The lowest BCUT2D eigenvalue weighted by Crippen LogP contribution is -2.29. The Bertz CT molecular complexity index is 671. The van der Waals surface area contributed by atoms with Crippen LogP contribution in [0.15, 0.2) is 42.7 Å². The van der Waals surface area contributed by atoms with Crippen LogP contribution in [-0.2, 0) is 16.8 Å². The van der Waals surface area contributed by atoms with Crippen molar-refractivity contribution in [2.75, 3.05) is 24.1 Å². The van der Waals surface area contributed by atoms with E-state index in [9.17, 15) is 8.42 Å². The molecule has 0 atom stereocenters. The molecule has 0 saturated carbocycles. The normalized spacial score (nSPS) is 11.4. The number of aromatic nitrogens is 2. The first kappa shape index (κ1) is 15.2. The van der Waals surface area contributed by atoms with E-state index in [2.05, 4.69) is 20.0 Å². The molecule has 7 nitrogen and oxygen atoms in total. The van der Waals surface area contributed by atoms with Gasteiger partial charge in [-0.1, -0.05) is 6.07 Å². The van der Waals surface area contributed by atoms with Gasteiger partial charge in [0, 0.05) is 20.3 Å². The smallest absolute Gasteiger partial charge is 0.302 e. The minimum atomic E-state index is -3.53. The Balaban J connectivity index is 1.96. The van der Waals surface area contributed by atoms with Crippen molar-refractivity contribution in [2.24, 2.45) is 0 Å². The van der Waals surface area contributed by atoms with Crippen LogP contribution in [0.5, 0.6) is 0 Å². The molecular formula is C13H17N5O2S. The van der Waals surface area contributed by atoms with Gasteiger partial charge in [-0.05, 0) is 24.3 Å². The molecule has 0 aliphatic rings. The SMILES string of the molecule is CN(C)S(=O)(=O)Nc1ccc(NCc2ccccn2)cn1. The number of hydrogen-bond acceptors (Lipinski definition) is 5. The molecule has 0 unspecified atom stereocenters. The molecule has 112 valence electrons. The van der Waals surface area contributed by atoms with E-state index in [1.54, 1.807) is 24.5 Å². The summed E-state index contributed by atoms with van der Waals surface area (Å²) in [6.07, 6.45) is 3.30. The van der Waals surface area contributed by atoms with Crippen molar-refractivity contribution in [3.63, 3.8) is 0 Å². The van der Waals surface area contributed by atoms with Crippen LogP contribution in [0.3, 0.4) is 0 Å². The Hall–Kier alpha value is -2.19. The zero-order valence-corrected chi connectivity index (χ0v) is 12.6. The summed E-state index contributed by atoms with van der Waals surface area (Å²) in [6, 6.07) is 9.05. The van der Waals surface area contributed by atoms with Crippen LogP contribution in [0, 0.1) is 0 Å². The zero-order chi connectivity index (χ0) is 15.3. The van der Waals surface area contributed by atoms with Crippen molar-refractivity contribution in [3.05, 3.63) is 48.4 Å². The van der Waals surface area contributed by atoms with E-state index >= 15 is 0 Å². The molecule has 0 amide bonds. The standard InChI is InChI=1S/C13H17N5O2S/c1-18(2)21(19,20)17-13-7-6-12(10-16-13)15-9-11-5-3-4-8-14-11/h3-8,10,15H,9H2,1-2H3,(H,16,17). The van der Waals surface area contributed by atoms with Gasteiger partial charge >= 0.3 is 10.2 Å². The van der Waals surface area contributed by atoms with Crippen molar-refractivity contribution in [2.45, 2.75) is 6.54 Å². The first-order valence-corrected chi connectivity index (χ1v) is 7.71. The Morgan fingerprint density at radius 2 is 1.95 bits per heavy atom. The average Bonchev–Trinajstić information content (AvgIpc) is 2.47. The van der Waals surface area contributed by atoms with Crippen LogP contribution in [0.4, 0.5) is 11.5 Å². The van der Waals surface area contributed by atoms with Crippen molar-refractivity contribution in [3.8, 4) is 0 Å². The van der Waals surface area contributed by atoms with Crippen LogP contribution in [0.1, 0.15) is 5.69 Å². The van der Waals surface area contributed by atoms with Crippen LogP contribution in [0.25, 0.3) is 0 Å². The maximum Gasteiger partial charge on any atom is 0.302 e. The highest BCUT2D eigenvalue weighted by molar-refractivity contribution is 7.90. The summed E-state index contributed by atoms with van der Waals surface area (Å²) >= 11 is 0. The molecule has 2 aromatic rings. The lowest BCUT2D eigenvalue weighted by atomic mass is 10.3. The van der Waals surface area contributed by atoms with Gasteiger partial charge in [0.25, 0.3) is 0 Å². The predicted molar refractivity (Wildman–Crippen MR) is 82.0 cm³/mol. The van der Waals surface area contributed by atoms with E-state index in [0.29, 0.717) is 6.54 Å². The van der Waals surface area contributed by atoms with Gasteiger partial charge in [-0.2, -0.15) is 12.7 Å². The third-order valence-corrected chi connectivity index (χ3v) is 4.11. The molecule has 0 radical (unpaired) electrons. The number of anilines is 2. The molecule has 2 N–H and O–H groups in total. The molecule has 0 aliphatic carbocycles. The second-order valence-corrected chi connectivity index (χ2v) is 6.38. The number of pyridine rings is 2. The summed E-state index contributed by atoms with van der Waals surface area (Å²) in [7, 11) is -0.630. The molecular weight excluding hydrogens is 290 g/mol. The van der Waals surface area contributed by atoms with E-state index < -0.39 is 10.2 Å². The highest BCUT2D eigenvalue weighted by Crippen LogP contribution is 2.12. The van der Waals surface area contributed by atoms with Crippen molar-refractivity contribution < 1.29 is 8.42 Å². The molecule has 2 rings (SSSR count). The minimum Gasteiger partial charge on any atom is -0.378 e. The molecule has 21 heavy (non-hydrogen) atoms. The Morgan fingerprint density at radius 1 is 1.14 bits per heavy atom. The summed E-state index contributed by atoms with van der Waals surface area (Å²) in [4.78, 5) is 8.26. The van der Waals surface area contributed by atoms with Gasteiger partial charge in [-0.15, -0.1) is 0 Å². The van der Waals surface area contributed by atoms with Gasteiger partial charge in [-0.25, -0.2) is 4.98 Å². The Morgan fingerprint density at radius 3 is 2.52 bits per heavy atom. The second-order valence-electron chi connectivity index (χ2n) is 4.50. The van der Waals surface area contributed by atoms with Gasteiger partial charge < -0.3 is 5.32 Å². The van der Waals surface area contributed by atoms with E-state index in [4.69, 9.17) is 0 Å². The molecule has 0 saturated heterocycles. The number of hydrogen-bond donors (Lipinski definition) is 2. The quantitative estimate of drug-likeness (QED) is 0.840. The molecule has 0 aliphatic heterocycles. The highest BCUT2D eigenvalue weighted by Gasteiger charge is 2.13. The Kier molecular flexibility index (Phi) is 4.71. The monoisotopic (exact) mass is 307 g/mol. The first-order chi connectivity index (χ1) is 9.97. The molecule has 0 fully saturated rings. The fourth-order valence-electron chi connectivity index (χ4n) is 1.48. The lowest BCUT2D eigenvalue weighted by Gasteiger charge is -2.13. The van der Waals surface area contributed by atoms with E-state index in [1.165, 1.54) is 14.1 Å². The fourth-order valence-corrected chi connectivity index (χ4v) is 2.05. The predicted octanol–water partition coefficient (Wildman–Crippen LogP) is 1.31. The molecule has 0 aromatic carbocycles. The lowest BCUT2D eigenvalue weighted by molar-refractivity contribution is 0.526. The number of rotatable bonds is 6. The van der Waals surface area contributed by atoms with Crippen LogP contribution >= 0.6 is 0 Å². The summed E-state index contributed by atoms with van der Waals surface area (Å²) < 4.78 is 26.7. The second kappa shape index (κ2) is 6.51. The molecule has 0 spiro atoms. The van der Waals surface area contributed by atoms with E-state index in [0.717, 1.165) is 15.7 Å². The van der Waals surface area contributed by atoms with Crippen molar-refractivity contribution in [1.29, 1.82) is 0 Å². The number of nitrogens with one attached hydrogen (secondary N) is 2. The largest absolute Gasteiger partial charge is 0.378 e. The van der Waals surface area contributed by atoms with E-state index in [1.807, 2.05) is 18.2 Å². The fraction of sp³-hybridized carbons (Fsp3) is 0.231. The zero-order valence-electron chi connectivity index (χ0n) is 11.8. The first-order valence-electron chi connectivity index (χ1n) is 6.27. The van der Waals surface area contributed by atoms with Gasteiger partial charge in [0.05, 0.1) is 24.1 Å². The summed E-state index contributed by atoms with van der Waals surface area (Å²) in [5.74, 6) is 0.270. The van der Waals surface area contributed by atoms with Crippen LogP contribution < -0.4 is 10.0 Å². The molecule has 0 bridgehead atoms. The third kappa shape index (κ3) is 4.40. The molecule has 2 heterocycles. The maximum atomic E-state index is 11.6. The summed E-state index contributed by atoms with van der Waals surface area (Å²) in [5, 5.41) is 3.16. The van der Waals surface area contributed by atoms with Crippen molar-refractivity contribution >= 4 is 21.7 Å². The molecule has 2 aromatic heterocycles. The third-order valence-electron chi connectivity index (χ3n) is 2.68. The minimum absolute atomic E-state index is 0.270. The number of nitrogens with zero attached hydrogens (tertiary/aromatic N) is 3. The van der Waals surface area contributed by atoms with Gasteiger partial charge in [-0.3, -0.25) is 9.71 Å². The van der Waals surface area contributed by atoms with Gasteiger partial charge in [0.2, 0.25) is 0 Å². The topological polar surface area (TPSA) is 87.2 Å². The van der Waals surface area contributed by atoms with Crippen LogP contribution in [-0.4, -0.2) is 36.8 Å². The maximum absolute atomic E-state index is 11.6. The highest BCUT2D eigenvalue weighted by atomic mass is 32.2. The van der Waals surface area contributed by atoms with Gasteiger partial charge in [0.1, 0.15) is 5.82 Å². The summed E-state index contributed by atoms with van der Waals surface area (Å²) in [6.45, 7) is 0.575. The van der Waals surface area contributed by atoms with Crippen LogP contribution in [0.2, 0.25) is 0 Å². The van der Waals surface area contributed by atoms with Crippen molar-refractivity contribution in [1.82, 2.24) is 14.3 Å². The molecule has 8 heteroatoms. The summed E-state index contributed by atoms with van der Waals surface area (Å²) in [5.41, 5.74) is 1.70. The van der Waals surface area contributed by atoms with E-state index in [-0.39, 0.29) is 5.82 Å². The Labute approximate surface area is 124 Å².